The van der Waals surface area contributed by atoms with Crippen LogP contribution in [0.3, 0.4) is 0 Å². The average Bonchev–Trinajstić information content (AvgIpc) is 2.25. The molecule has 1 aromatic rings. The van der Waals surface area contributed by atoms with Gasteiger partial charge < -0.3 is 9.84 Å². The minimum Gasteiger partial charge on any atom is -0.504 e. The van der Waals surface area contributed by atoms with Gasteiger partial charge in [0.05, 0.1) is 7.11 Å². The van der Waals surface area contributed by atoms with Crippen molar-refractivity contribution in [1.29, 1.82) is 0 Å². The molecular weight excluding hydrogens is 202 g/mol. The van der Waals surface area contributed by atoms with Crippen LogP contribution in [0.15, 0.2) is 18.2 Å². The highest BCUT2D eigenvalue weighted by Crippen LogP contribution is 2.26. The van der Waals surface area contributed by atoms with Crippen LogP contribution < -0.4 is 4.74 Å². The lowest BCUT2D eigenvalue weighted by atomic mass is 10.1. The second kappa shape index (κ2) is 5.75. The molecule has 0 saturated carbocycles. The van der Waals surface area contributed by atoms with Crippen LogP contribution in [0.5, 0.6) is 11.5 Å². The van der Waals surface area contributed by atoms with E-state index in [1.54, 1.807) is 19.2 Å². The molecule has 0 aliphatic rings. The predicted octanol–water partition coefficient (Wildman–Crippen LogP) is 2.63. The Labute approximate surface area is 97.7 Å². The van der Waals surface area contributed by atoms with Crippen LogP contribution in [-0.4, -0.2) is 29.7 Å². The van der Waals surface area contributed by atoms with E-state index in [0.717, 1.165) is 18.7 Å². The number of ether oxygens (including phenoxy) is 1. The smallest absolute Gasteiger partial charge is 0.160 e. The van der Waals surface area contributed by atoms with Gasteiger partial charge in [0.1, 0.15) is 0 Å². The summed E-state index contributed by atoms with van der Waals surface area (Å²) in [4.78, 5) is 2.33. The molecule has 0 heterocycles. The van der Waals surface area contributed by atoms with E-state index >= 15 is 0 Å². The molecule has 0 aliphatic heterocycles. The van der Waals surface area contributed by atoms with Gasteiger partial charge in [-0.25, -0.2) is 0 Å². The summed E-state index contributed by atoms with van der Waals surface area (Å²) in [6.07, 6.45) is 0. The first-order chi connectivity index (χ1) is 7.58. The van der Waals surface area contributed by atoms with Gasteiger partial charge in [-0.3, -0.25) is 4.90 Å². The fraction of sp³-hybridized carbons (Fsp3) is 0.538. The lowest BCUT2D eigenvalue weighted by molar-refractivity contribution is 0.224. The van der Waals surface area contributed by atoms with Gasteiger partial charge in [-0.1, -0.05) is 13.0 Å². The van der Waals surface area contributed by atoms with Crippen LogP contribution in [0.2, 0.25) is 0 Å². The zero-order chi connectivity index (χ0) is 12.1. The zero-order valence-corrected chi connectivity index (χ0v) is 10.5. The third-order valence-corrected chi connectivity index (χ3v) is 2.77. The monoisotopic (exact) mass is 223 g/mol. The topological polar surface area (TPSA) is 32.7 Å². The molecule has 0 amide bonds. The van der Waals surface area contributed by atoms with Crippen molar-refractivity contribution < 1.29 is 9.84 Å². The molecule has 0 aliphatic carbocycles. The Morgan fingerprint density at radius 3 is 2.50 bits per heavy atom. The van der Waals surface area contributed by atoms with Gasteiger partial charge in [-0.05, 0) is 38.1 Å². The molecule has 0 radical (unpaired) electrons. The van der Waals surface area contributed by atoms with E-state index in [1.807, 2.05) is 6.07 Å². The number of hydrogen-bond acceptors (Lipinski definition) is 3. The van der Waals surface area contributed by atoms with Gasteiger partial charge in [0.2, 0.25) is 0 Å². The van der Waals surface area contributed by atoms with Crippen molar-refractivity contribution in [1.82, 2.24) is 4.90 Å². The second-order valence-electron chi connectivity index (χ2n) is 4.16. The molecule has 1 rings (SSSR count). The number of nitrogens with zero attached hydrogens (tertiary/aromatic N) is 1. The van der Waals surface area contributed by atoms with Gasteiger partial charge in [0, 0.05) is 12.6 Å². The summed E-state index contributed by atoms with van der Waals surface area (Å²) in [5.74, 6) is 0.733. The molecule has 0 aromatic heterocycles. The van der Waals surface area contributed by atoms with Gasteiger partial charge in [-0.2, -0.15) is 0 Å². The zero-order valence-electron chi connectivity index (χ0n) is 10.5. The van der Waals surface area contributed by atoms with E-state index in [9.17, 15) is 5.11 Å². The lowest BCUT2D eigenvalue weighted by Gasteiger charge is -2.24. The number of methoxy groups -OCH3 is 1. The van der Waals surface area contributed by atoms with E-state index < -0.39 is 0 Å². The number of benzene rings is 1. The summed E-state index contributed by atoms with van der Waals surface area (Å²) in [6, 6.07) is 6.07. The average molecular weight is 223 g/mol. The minimum atomic E-state index is 0.208. The number of phenols is 1. The van der Waals surface area contributed by atoms with Crippen molar-refractivity contribution in [2.75, 3.05) is 13.7 Å². The first-order valence-electron chi connectivity index (χ1n) is 5.68. The Hall–Kier alpha value is -1.22. The number of hydrogen-bond donors (Lipinski definition) is 1. The van der Waals surface area contributed by atoms with Gasteiger partial charge in [0.15, 0.2) is 11.5 Å². The van der Waals surface area contributed by atoms with Crippen molar-refractivity contribution >= 4 is 0 Å². The molecule has 0 atom stereocenters. The Balaban J connectivity index is 2.78. The molecule has 90 valence electrons. The predicted molar refractivity (Wildman–Crippen MR) is 65.9 cm³/mol. The van der Waals surface area contributed by atoms with Crippen molar-refractivity contribution in [2.45, 2.75) is 33.4 Å². The maximum atomic E-state index is 9.67. The van der Waals surface area contributed by atoms with Crippen LogP contribution in [0.25, 0.3) is 0 Å². The third-order valence-electron chi connectivity index (χ3n) is 2.77. The van der Waals surface area contributed by atoms with E-state index in [0.29, 0.717) is 11.8 Å². The quantitative estimate of drug-likeness (QED) is 0.833. The van der Waals surface area contributed by atoms with E-state index in [4.69, 9.17) is 4.74 Å². The summed E-state index contributed by atoms with van der Waals surface area (Å²) in [6.45, 7) is 8.35. The fourth-order valence-corrected chi connectivity index (χ4v) is 1.73. The highest BCUT2D eigenvalue weighted by molar-refractivity contribution is 5.41. The molecule has 0 saturated heterocycles. The molecule has 0 bridgehead atoms. The number of rotatable bonds is 5. The van der Waals surface area contributed by atoms with Crippen molar-refractivity contribution in [3.8, 4) is 11.5 Å². The van der Waals surface area contributed by atoms with Crippen LogP contribution in [0, 0.1) is 0 Å². The first-order valence-corrected chi connectivity index (χ1v) is 5.68. The highest BCUT2D eigenvalue weighted by atomic mass is 16.5. The van der Waals surface area contributed by atoms with Crippen molar-refractivity contribution in [3.05, 3.63) is 23.8 Å². The van der Waals surface area contributed by atoms with E-state index in [-0.39, 0.29) is 5.75 Å². The summed E-state index contributed by atoms with van der Waals surface area (Å²) in [5, 5.41) is 9.67. The molecule has 1 aromatic carbocycles. The maximum absolute atomic E-state index is 9.67. The Morgan fingerprint density at radius 1 is 1.38 bits per heavy atom. The van der Waals surface area contributed by atoms with Gasteiger partial charge in [0.25, 0.3) is 0 Å². The van der Waals surface area contributed by atoms with Crippen LogP contribution in [0.4, 0.5) is 0 Å². The van der Waals surface area contributed by atoms with Gasteiger partial charge in [-0.15, -0.1) is 0 Å². The summed E-state index contributed by atoms with van der Waals surface area (Å²) < 4.78 is 5.02. The first kappa shape index (κ1) is 12.8. The largest absolute Gasteiger partial charge is 0.504 e. The molecule has 0 unspecified atom stereocenters. The normalized spacial score (nSPS) is 11.1. The second-order valence-corrected chi connectivity index (χ2v) is 4.16. The van der Waals surface area contributed by atoms with Gasteiger partial charge >= 0.3 is 0 Å². The van der Waals surface area contributed by atoms with Crippen LogP contribution in [0.1, 0.15) is 26.3 Å². The Morgan fingerprint density at radius 2 is 2.06 bits per heavy atom. The number of aromatic hydroxyl groups is 1. The summed E-state index contributed by atoms with van der Waals surface area (Å²) in [7, 11) is 1.56. The standard InChI is InChI=1S/C13H21NO2/c1-5-14(10(2)3)9-11-6-7-13(16-4)12(15)8-11/h6-8,10,15H,5,9H2,1-4H3. The maximum Gasteiger partial charge on any atom is 0.160 e. The van der Waals surface area contributed by atoms with Crippen molar-refractivity contribution in [3.63, 3.8) is 0 Å². The lowest BCUT2D eigenvalue weighted by Crippen LogP contribution is -2.29. The third kappa shape index (κ3) is 3.14. The SMILES string of the molecule is CCN(Cc1ccc(OC)c(O)c1)C(C)C. The Bertz CT molecular complexity index is 337. The molecular formula is C13H21NO2. The molecule has 3 nitrogen and oxygen atoms in total. The molecule has 0 spiro atoms. The molecule has 16 heavy (non-hydrogen) atoms. The van der Waals surface area contributed by atoms with Crippen LogP contribution >= 0.6 is 0 Å². The fourth-order valence-electron chi connectivity index (χ4n) is 1.73. The minimum absolute atomic E-state index is 0.208. The summed E-state index contributed by atoms with van der Waals surface area (Å²) >= 11 is 0. The van der Waals surface area contributed by atoms with E-state index in [1.165, 1.54) is 0 Å². The highest BCUT2D eigenvalue weighted by Gasteiger charge is 2.09. The van der Waals surface area contributed by atoms with Crippen LogP contribution in [-0.2, 0) is 6.54 Å². The molecule has 3 heteroatoms. The summed E-state index contributed by atoms with van der Waals surface area (Å²) in [5.41, 5.74) is 1.11. The molecule has 1 N–H and O–H groups in total. The number of phenolic OH excluding ortho intramolecular Hbond substituents is 1. The van der Waals surface area contributed by atoms with Crippen molar-refractivity contribution in [2.24, 2.45) is 0 Å². The Kier molecular flexibility index (Phi) is 4.62. The van der Waals surface area contributed by atoms with E-state index in [2.05, 4.69) is 25.7 Å². The molecule has 0 fully saturated rings.